The molecule has 2 aromatic rings. The monoisotopic (exact) mass is 304 g/mol. The lowest BCUT2D eigenvalue weighted by atomic mass is 10.2. The number of hydrogen-bond donors (Lipinski definition) is 1. The lowest BCUT2D eigenvalue weighted by Gasteiger charge is -2.08. The van der Waals surface area contributed by atoms with Crippen LogP contribution in [-0.2, 0) is 16.3 Å². The highest BCUT2D eigenvalue weighted by atomic mass is 32.2. The minimum atomic E-state index is -3.12. The summed E-state index contributed by atoms with van der Waals surface area (Å²) in [7, 11) is -3.12. The summed E-state index contributed by atoms with van der Waals surface area (Å²) in [5.74, 6) is 0.125. The van der Waals surface area contributed by atoms with E-state index in [2.05, 4.69) is 16.4 Å². The number of anilines is 1. The Hall–Kier alpha value is -1.88. The van der Waals surface area contributed by atoms with E-state index in [1.807, 2.05) is 19.2 Å². The SMILES string of the molecule is CCS(=O)(=O)c1ccc(NCCc2ccc(C)nc2)cc1. The van der Waals surface area contributed by atoms with Gasteiger partial charge in [-0.25, -0.2) is 8.42 Å². The van der Waals surface area contributed by atoms with Crippen LogP contribution in [0.2, 0.25) is 0 Å². The van der Waals surface area contributed by atoms with Crippen molar-refractivity contribution in [2.45, 2.75) is 25.2 Å². The number of hydrogen-bond acceptors (Lipinski definition) is 4. The van der Waals surface area contributed by atoms with Gasteiger partial charge in [-0.1, -0.05) is 13.0 Å². The van der Waals surface area contributed by atoms with Crippen molar-refractivity contribution in [3.8, 4) is 0 Å². The third-order valence-corrected chi connectivity index (χ3v) is 5.06. The first-order valence-corrected chi connectivity index (χ1v) is 8.65. The standard InChI is InChI=1S/C16H20N2O2S/c1-3-21(19,20)16-8-6-15(7-9-16)17-11-10-14-5-4-13(2)18-12-14/h4-9,12,17H,3,10-11H2,1-2H3. The van der Waals surface area contributed by atoms with Crippen molar-refractivity contribution in [3.63, 3.8) is 0 Å². The van der Waals surface area contributed by atoms with E-state index < -0.39 is 9.84 Å². The molecule has 0 atom stereocenters. The molecule has 0 fully saturated rings. The molecule has 2 rings (SSSR count). The molecule has 0 saturated heterocycles. The number of aromatic nitrogens is 1. The van der Waals surface area contributed by atoms with Crippen LogP contribution in [0.3, 0.4) is 0 Å². The van der Waals surface area contributed by atoms with Crippen LogP contribution in [0.15, 0.2) is 47.5 Å². The van der Waals surface area contributed by atoms with E-state index in [4.69, 9.17) is 0 Å². The van der Waals surface area contributed by atoms with E-state index in [1.54, 1.807) is 31.2 Å². The van der Waals surface area contributed by atoms with Crippen LogP contribution in [0, 0.1) is 6.92 Å². The predicted octanol–water partition coefficient (Wildman–Crippen LogP) is 2.84. The zero-order valence-corrected chi connectivity index (χ0v) is 13.2. The molecule has 112 valence electrons. The van der Waals surface area contributed by atoms with Crippen molar-refractivity contribution in [3.05, 3.63) is 53.9 Å². The second-order valence-electron chi connectivity index (χ2n) is 4.91. The molecule has 0 saturated carbocycles. The van der Waals surface area contributed by atoms with Gasteiger partial charge in [-0.15, -0.1) is 0 Å². The van der Waals surface area contributed by atoms with Crippen LogP contribution >= 0.6 is 0 Å². The van der Waals surface area contributed by atoms with Gasteiger partial charge in [0.15, 0.2) is 9.84 Å². The van der Waals surface area contributed by atoms with Crippen LogP contribution in [0.25, 0.3) is 0 Å². The van der Waals surface area contributed by atoms with Crippen LogP contribution in [0.4, 0.5) is 5.69 Å². The number of pyridine rings is 1. The van der Waals surface area contributed by atoms with Crippen molar-refractivity contribution < 1.29 is 8.42 Å². The molecule has 1 heterocycles. The second-order valence-corrected chi connectivity index (χ2v) is 7.19. The first-order valence-electron chi connectivity index (χ1n) is 6.99. The number of sulfone groups is 1. The molecule has 0 aliphatic heterocycles. The van der Waals surface area contributed by atoms with Gasteiger partial charge in [0.25, 0.3) is 0 Å². The maximum absolute atomic E-state index is 11.7. The fraction of sp³-hybridized carbons (Fsp3) is 0.312. The number of nitrogens with zero attached hydrogens (tertiary/aromatic N) is 1. The molecule has 0 radical (unpaired) electrons. The Bertz CT molecular complexity index is 677. The topological polar surface area (TPSA) is 59.1 Å². The molecule has 0 amide bonds. The molecule has 5 heteroatoms. The molecule has 1 aromatic heterocycles. The summed E-state index contributed by atoms with van der Waals surface area (Å²) in [6.07, 6.45) is 2.76. The summed E-state index contributed by atoms with van der Waals surface area (Å²) in [6.45, 7) is 4.40. The molecule has 1 aromatic carbocycles. The molecule has 0 unspecified atom stereocenters. The summed E-state index contributed by atoms with van der Waals surface area (Å²) in [4.78, 5) is 4.63. The van der Waals surface area contributed by atoms with E-state index in [1.165, 1.54) is 5.56 Å². The molecule has 0 bridgehead atoms. The van der Waals surface area contributed by atoms with Gasteiger partial charge in [0.2, 0.25) is 0 Å². The summed E-state index contributed by atoms with van der Waals surface area (Å²) >= 11 is 0. The van der Waals surface area contributed by atoms with Gasteiger partial charge in [0.1, 0.15) is 0 Å². The second kappa shape index (κ2) is 6.72. The van der Waals surface area contributed by atoms with E-state index in [9.17, 15) is 8.42 Å². The third-order valence-electron chi connectivity index (χ3n) is 3.31. The van der Waals surface area contributed by atoms with Crippen molar-refractivity contribution >= 4 is 15.5 Å². The van der Waals surface area contributed by atoms with Crippen LogP contribution in [0.1, 0.15) is 18.2 Å². The van der Waals surface area contributed by atoms with Crippen LogP contribution in [-0.4, -0.2) is 25.7 Å². The molecule has 21 heavy (non-hydrogen) atoms. The van der Waals surface area contributed by atoms with E-state index >= 15 is 0 Å². The molecule has 0 aliphatic rings. The maximum atomic E-state index is 11.7. The van der Waals surface area contributed by atoms with Gasteiger partial charge in [-0.3, -0.25) is 4.98 Å². The summed E-state index contributed by atoms with van der Waals surface area (Å²) < 4.78 is 23.4. The smallest absolute Gasteiger partial charge is 0.178 e. The summed E-state index contributed by atoms with van der Waals surface area (Å²) in [6, 6.07) is 11.0. The van der Waals surface area contributed by atoms with Gasteiger partial charge in [-0.05, 0) is 49.2 Å². The third kappa shape index (κ3) is 4.29. The molecule has 0 spiro atoms. The number of nitrogens with one attached hydrogen (secondary N) is 1. The summed E-state index contributed by atoms with van der Waals surface area (Å²) in [5, 5.41) is 3.28. The zero-order valence-electron chi connectivity index (χ0n) is 12.3. The Morgan fingerprint density at radius 3 is 2.38 bits per heavy atom. The molecular weight excluding hydrogens is 284 g/mol. The fourth-order valence-corrected chi connectivity index (χ4v) is 2.83. The Kier molecular flexibility index (Phi) is 4.96. The van der Waals surface area contributed by atoms with Crippen molar-refractivity contribution in [2.75, 3.05) is 17.6 Å². The highest BCUT2D eigenvalue weighted by Gasteiger charge is 2.10. The molecular formula is C16H20N2O2S. The highest BCUT2D eigenvalue weighted by Crippen LogP contribution is 2.15. The van der Waals surface area contributed by atoms with Gasteiger partial charge in [0.05, 0.1) is 10.6 Å². The van der Waals surface area contributed by atoms with Gasteiger partial charge >= 0.3 is 0 Å². The predicted molar refractivity (Wildman–Crippen MR) is 85.3 cm³/mol. The Morgan fingerprint density at radius 1 is 1.10 bits per heavy atom. The number of rotatable bonds is 6. The van der Waals surface area contributed by atoms with Crippen LogP contribution < -0.4 is 5.32 Å². The van der Waals surface area contributed by atoms with Crippen molar-refractivity contribution in [1.82, 2.24) is 4.98 Å². The Morgan fingerprint density at radius 2 is 1.81 bits per heavy atom. The minimum Gasteiger partial charge on any atom is -0.385 e. The lowest BCUT2D eigenvalue weighted by molar-refractivity contribution is 0.597. The fourth-order valence-electron chi connectivity index (χ4n) is 1.94. The van der Waals surface area contributed by atoms with Crippen LogP contribution in [0.5, 0.6) is 0 Å². The minimum absolute atomic E-state index is 0.125. The number of benzene rings is 1. The van der Waals surface area contributed by atoms with Crippen molar-refractivity contribution in [2.24, 2.45) is 0 Å². The maximum Gasteiger partial charge on any atom is 0.178 e. The quantitative estimate of drug-likeness (QED) is 0.891. The van der Waals surface area contributed by atoms with E-state index in [-0.39, 0.29) is 5.75 Å². The zero-order chi connectivity index (χ0) is 15.3. The van der Waals surface area contributed by atoms with Gasteiger partial charge < -0.3 is 5.32 Å². The van der Waals surface area contributed by atoms with E-state index in [0.717, 1.165) is 24.3 Å². The largest absolute Gasteiger partial charge is 0.385 e. The molecule has 4 nitrogen and oxygen atoms in total. The van der Waals surface area contributed by atoms with Gasteiger partial charge in [-0.2, -0.15) is 0 Å². The lowest BCUT2D eigenvalue weighted by Crippen LogP contribution is -2.06. The van der Waals surface area contributed by atoms with Crippen molar-refractivity contribution in [1.29, 1.82) is 0 Å². The van der Waals surface area contributed by atoms with Gasteiger partial charge in [0, 0.05) is 24.1 Å². The Labute approximate surface area is 126 Å². The first-order chi connectivity index (χ1) is 10.0. The van der Waals surface area contributed by atoms with E-state index in [0.29, 0.717) is 4.90 Å². The summed E-state index contributed by atoms with van der Waals surface area (Å²) in [5.41, 5.74) is 3.11. The average Bonchev–Trinajstić information content (AvgIpc) is 2.50. The normalized spacial score (nSPS) is 11.3. The average molecular weight is 304 g/mol. The number of aryl methyl sites for hydroxylation is 1. The Balaban J connectivity index is 1.91. The molecule has 0 aliphatic carbocycles. The first kappa shape index (κ1) is 15.5. The molecule has 1 N–H and O–H groups in total. The highest BCUT2D eigenvalue weighted by molar-refractivity contribution is 7.91.